The Labute approximate surface area is 232 Å². The average Bonchev–Trinajstić information content (AvgIpc) is 3.40. The zero-order chi connectivity index (χ0) is 28.4. The maximum absolute atomic E-state index is 13.3. The standard InChI is InChI=1S/C30H27N5O2.C2H6O/c1-18-20(7-5-9-27(18)35-17-32-25-8-4-3-6-22(25)30(35)37)21-10-11-23(29(31)36)28-24(21)16-26(33-28)19-12-14-34(2)15-13-19;1-2-3/h3-12,16-17,33H,13-15H2,1-2H3,(H2,31,36);3H,2H2,1H3. The minimum Gasteiger partial charge on any atom is -0.397 e. The van der Waals surface area contributed by atoms with Gasteiger partial charge in [0.1, 0.15) is 6.33 Å². The molecule has 0 unspecified atom stereocenters. The van der Waals surface area contributed by atoms with Crippen molar-refractivity contribution in [2.75, 3.05) is 26.7 Å². The smallest absolute Gasteiger partial charge is 0.265 e. The minimum absolute atomic E-state index is 0.113. The van der Waals surface area contributed by atoms with E-state index >= 15 is 0 Å². The summed E-state index contributed by atoms with van der Waals surface area (Å²) in [6.07, 6.45) is 4.74. The highest BCUT2D eigenvalue weighted by molar-refractivity contribution is 6.10. The number of primary amides is 1. The topological polar surface area (TPSA) is 117 Å². The van der Waals surface area contributed by atoms with E-state index in [9.17, 15) is 9.59 Å². The third kappa shape index (κ3) is 4.95. The number of nitrogens with one attached hydrogen (secondary N) is 1. The zero-order valence-corrected chi connectivity index (χ0v) is 22.9. The van der Waals surface area contributed by atoms with Gasteiger partial charge in [-0.15, -0.1) is 0 Å². The first-order valence-electron chi connectivity index (χ1n) is 13.3. The van der Waals surface area contributed by atoms with Gasteiger partial charge in [0, 0.05) is 30.8 Å². The van der Waals surface area contributed by atoms with Crippen LogP contribution in [-0.2, 0) is 0 Å². The number of aliphatic hydroxyl groups excluding tert-OH is 1. The number of carbonyl (C=O) groups excluding carboxylic acids is 1. The summed E-state index contributed by atoms with van der Waals surface area (Å²) >= 11 is 0. The molecule has 1 amide bonds. The molecule has 0 saturated heterocycles. The van der Waals surface area contributed by atoms with E-state index in [0.717, 1.165) is 58.5 Å². The van der Waals surface area contributed by atoms with Gasteiger partial charge in [-0.3, -0.25) is 14.2 Å². The molecule has 40 heavy (non-hydrogen) atoms. The summed E-state index contributed by atoms with van der Waals surface area (Å²) in [7, 11) is 2.11. The average molecular weight is 536 g/mol. The summed E-state index contributed by atoms with van der Waals surface area (Å²) in [5.41, 5.74) is 13.4. The lowest BCUT2D eigenvalue weighted by Crippen LogP contribution is -2.23. The fourth-order valence-electron chi connectivity index (χ4n) is 5.26. The van der Waals surface area contributed by atoms with Crippen LogP contribution < -0.4 is 11.3 Å². The molecule has 6 rings (SSSR count). The van der Waals surface area contributed by atoms with Gasteiger partial charge in [-0.25, -0.2) is 4.98 Å². The van der Waals surface area contributed by atoms with E-state index in [2.05, 4.69) is 34.1 Å². The second-order valence-corrected chi connectivity index (χ2v) is 9.94. The zero-order valence-electron chi connectivity index (χ0n) is 22.9. The van der Waals surface area contributed by atoms with Crippen LogP contribution in [0.1, 0.15) is 35.0 Å². The van der Waals surface area contributed by atoms with Gasteiger partial charge in [0.25, 0.3) is 11.5 Å². The molecule has 2 aromatic heterocycles. The molecular formula is C32H33N5O3. The molecule has 0 fully saturated rings. The molecule has 0 aliphatic carbocycles. The number of rotatable bonds is 4. The van der Waals surface area contributed by atoms with Crippen molar-refractivity contribution in [3.63, 3.8) is 0 Å². The first-order chi connectivity index (χ1) is 19.3. The Morgan fingerprint density at radius 2 is 1.85 bits per heavy atom. The SMILES string of the molecule is CCO.Cc1c(-c2ccc(C(N)=O)c3[nH]c(C4=CCN(C)CC4)cc23)cccc1-n1cnc2ccccc2c1=O. The van der Waals surface area contributed by atoms with Gasteiger partial charge in [-0.1, -0.05) is 36.4 Å². The van der Waals surface area contributed by atoms with Crippen LogP contribution >= 0.6 is 0 Å². The normalized spacial score (nSPS) is 13.7. The van der Waals surface area contributed by atoms with Crippen LogP contribution in [0.4, 0.5) is 0 Å². The molecule has 8 nitrogen and oxygen atoms in total. The molecule has 0 spiro atoms. The summed E-state index contributed by atoms with van der Waals surface area (Å²) < 4.78 is 1.60. The van der Waals surface area contributed by atoms with E-state index in [1.807, 2.05) is 49.4 Å². The summed E-state index contributed by atoms with van der Waals surface area (Å²) in [5.74, 6) is -0.471. The molecule has 4 N–H and O–H groups in total. The molecule has 0 radical (unpaired) electrons. The maximum atomic E-state index is 13.3. The Hall–Kier alpha value is -4.53. The number of nitrogens with two attached hydrogens (primary N) is 1. The van der Waals surface area contributed by atoms with Crippen molar-refractivity contribution in [2.45, 2.75) is 20.3 Å². The van der Waals surface area contributed by atoms with Gasteiger partial charge < -0.3 is 20.7 Å². The highest BCUT2D eigenvalue weighted by Crippen LogP contribution is 2.36. The predicted molar refractivity (Wildman–Crippen MR) is 161 cm³/mol. The lowest BCUT2D eigenvalue weighted by Gasteiger charge is -2.21. The number of nitrogens with zero attached hydrogens (tertiary/aromatic N) is 3. The largest absolute Gasteiger partial charge is 0.397 e. The van der Waals surface area contributed by atoms with Gasteiger partial charge in [-0.2, -0.15) is 0 Å². The second-order valence-electron chi connectivity index (χ2n) is 9.94. The molecule has 1 aliphatic rings. The summed E-state index contributed by atoms with van der Waals surface area (Å²) in [5, 5.41) is 9.07. The second kappa shape index (κ2) is 11.3. The fraction of sp³-hybridized carbons (Fsp3) is 0.219. The van der Waals surface area contributed by atoms with Gasteiger partial charge in [-0.05, 0) is 79.9 Å². The van der Waals surface area contributed by atoms with Crippen LogP contribution in [0, 0.1) is 6.92 Å². The van der Waals surface area contributed by atoms with Crippen LogP contribution in [0.3, 0.4) is 0 Å². The van der Waals surface area contributed by atoms with Gasteiger partial charge >= 0.3 is 0 Å². The van der Waals surface area contributed by atoms with Crippen molar-refractivity contribution in [1.29, 1.82) is 0 Å². The highest BCUT2D eigenvalue weighted by atomic mass is 16.2. The van der Waals surface area contributed by atoms with Gasteiger partial charge in [0.15, 0.2) is 0 Å². The van der Waals surface area contributed by atoms with Crippen LogP contribution in [0.5, 0.6) is 0 Å². The van der Waals surface area contributed by atoms with E-state index in [1.165, 1.54) is 5.57 Å². The number of amides is 1. The molecule has 204 valence electrons. The number of hydrogen-bond donors (Lipinski definition) is 3. The third-order valence-electron chi connectivity index (χ3n) is 7.34. The predicted octanol–water partition coefficient (Wildman–Crippen LogP) is 4.66. The van der Waals surface area contributed by atoms with E-state index in [-0.39, 0.29) is 12.2 Å². The van der Waals surface area contributed by atoms with Crippen molar-refractivity contribution in [2.24, 2.45) is 5.73 Å². The number of likely N-dealkylation sites (N-methyl/N-ethyl adjacent to an activating group) is 1. The quantitative estimate of drug-likeness (QED) is 0.310. The number of benzene rings is 3. The fourth-order valence-corrected chi connectivity index (χ4v) is 5.26. The molecule has 0 atom stereocenters. The minimum atomic E-state index is -0.471. The van der Waals surface area contributed by atoms with Crippen molar-refractivity contribution >= 4 is 33.3 Å². The summed E-state index contributed by atoms with van der Waals surface area (Å²) in [6.45, 7) is 5.80. The van der Waals surface area contributed by atoms with E-state index in [0.29, 0.717) is 16.5 Å². The molecule has 1 aliphatic heterocycles. The Morgan fingerprint density at radius 1 is 1.07 bits per heavy atom. The third-order valence-corrected chi connectivity index (χ3v) is 7.34. The highest BCUT2D eigenvalue weighted by Gasteiger charge is 2.19. The van der Waals surface area contributed by atoms with Crippen molar-refractivity contribution < 1.29 is 9.90 Å². The molecule has 5 aromatic rings. The summed E-state index contributed by atoms with van der Waals surface area (Å²) in [4.78, 5) is 35.8. The first-order valence-corrected chi connectivity index (χ1v) is 13.3. The van der Waals surface area contributed by atoms with E-state index in [4.69, 9.17) is 10.8 Å². The summed E-state index contributed by atoms with van der Waals surface area (Å²) in [6, 6.07) is 19.1. The Morgan fingerprint density at radius 3 is 2.58 bits per heavy atom. The molecule has 0 bridgehead atoms. The van der Waals surface area contributed by atoms with Crippen LogP contribution in [0.2, 0.25) is 0 Å². The van der Waals surface area contributed by atoms with Crippen molar-refractivity contribution in [1.82, 2.24) is 19.4 Å². The number of aromatic amines is 1. The lowest BCUT2D eigenvalue weighted by molar-refractivity contribution is 0.100. The number of aromatic nitrogens is 3. The van der Waals surface area contributed by atoms with E-state index < -0.39 is 5.91 Å². The number of H-pyrrole nitrogens is 1. The van der Waals surface area contributed by atoms with Crippen LogP contribution in [-0.4, -0.2) is 57.2 Å². The molecule has 8 heteroatoms. The number of hydrogen-bond acceptors (Lipinski definition) is 5. The van der Waals surface area contributed by atoms with Crippen LogP contribution in [0.25, 0.3) is 44.2 Å². The molecular weight excluding hydrogens is 502 g/mol. The molecule has 0 saturated carbocycles. The number of aliphatic hydroxyl groups is 1. The Kier molecular flexibility index (Phi) is 7.64. The van der Waals surface area contributed by atoms with Crippen molar-refractivity contribution in [3.8, 4) is 16.8 Å². The maximum Gasteiger partial charge on any atom is 0.265 e. The van der Waals surface area contributed by atoms with E-state index in [1.54, 1.807) is 30.0 Å². The van der Waals surface area contributed by atoms with Gasteiger partial charge in [0.05, 0.1) is 27.7 Å². The Bertz CT molecular complexity index is 1820. The van der Waals surface area contributed by atoms with Crippen LogP contribution in [0.15, 0.2) is 77.9 Å². The number of carbonyl (C=O) groups is 1. The van der Waals surface area contributed by atoms with Gasteiger partial charge in [0.2, 0.25) is 0 Å². The monoisotopic (exact) mass is 535 g/mol. The number of fused-ring (bicyclic) bond motifs is 2. The lowest BCUT2D eigenvalue weighted by atomic mass is 9.94. The number of para-hydroxylation sites is 1. The Balaban J connectivity index is 0.00000103. The first kappa shape index (κ1) is 27.1. The molecule has 3 heterocycles. The van der Waals surface area contributed by atoms with Crippen molar-refractivity contribution in [3.05, 3.63) is 100 Å². The molecule has 3 aromatic carbocycles.